The third-order valence-corrected chi connectivity index (χ3v) is 11.4. The van der Waals surface area contributed by atoms with E-state index < -0.39 is 0 Å². The van der Waals surface area contributed by atoms with E-state index in [1.165, 1.54) is 99.1 Å². The van der Waals surface area contributed by atoms with Gasteiger partial charge >= 0.3 is 0 Å². The molecule has 0 aliphatic heterocycles. The third-order valence-electron chi connectivity index (χ3n) is 11.4. The Balaban J connectivity index is 1.38. The molecule has 0 radical (unpaired) electrons. The van der Waals surface area contributed by atoms with Crippen molar-refractivity contribution in [3.8, 4) is 44.5 Å². The predicted molar refractivity (Wildman–Crippen MR) is 196 cm³/mol. The van der Waals surface area contributed by atoms with E-state index in [-0.39, 0.29) is 10.8 Å². The van der Waals surface area contributed by atoms with E-state index in [4.69, 9.17) is 0 Å². The minimum atomic E-state index is -0.136. The molecule has 0 saturated heterocycles. The van der Waals surface area contributed by atoms with Crippen LogP contribution in [0, 0.1) is 0 Å². The molecular formula is C46H34. The molecule has 0 N–H and O–H groups in total. The molecule has 0 fully saturated rings. The zero-order chi connectivity index (χ0) is 30.9. The minimum Gasteiger partial charge on any atom is -0.0622 e. The Morgan fingerprint density at radius 3 is 1.61 bits per heavy atom. The molecule has 10 rings (SSSR count). The van der Waals surface area contributed by atoms with Crippen LogP contribution in [0.1, 0.15) is 49.9 Å². The third kappa shape index (κ3) is 3.14. The van der Waals surface area contributed by atoms with Crippen molar-refractivity contribution >= 4 is 32.3 Å². The fourth-order valence-corrected chi connectivity index (χ4v) is 9.26. The monoisotopic (exact) mass is 586 g/mol. The first-order valence-corrected chi connectivity index (χ1v) is 16.5. The van der Waals surface area contributed by atoms with Gasteiger partial charge < -0.3 is 0 Å². The van der Waals surface area contributed by atoms with Crippen LogP contribution in [0.5, 0.6) is 0 Å². The first-order chi connectivity index (χ1) is 22.4. The van der Waals surface area contributed by atoms with Crippen LogP contribution in [0.3, 0.4) is 0 Å². The number of benzene rings is 8. The zero-order valence-electron chi connectivity index (χ0n) is 26.7. The summed E-state index contributed by atoms with van der Waals surface area (Å²) < 4.78 is 0. The molecule has 8 aromatic carbocycles. The SMILES string of the molecule is CC1(C)c2ccccc2-c2c1cc1c(c2-c2ccc3ccc4c(-c5ccccc5)ccc5ccc2c3c54)C(C)(C)c2ccccc2-1. The highest BCUT2D eigenvalue weighted by Gasteiger charge is 2.44. The summed E-state index contributed by atoms with van der Waals surface area (Å²) in [5, 5.41) is 8.00. The molecular weight excluding hydrogens is 553 g/mol. The normalized spacial score (nSPS) is 15.3. The van der Waals surface area contributed by atoms with Gasteiger partial charge in [-0.25, -0.2) is 0 Å². The molecule has 0 heteroatoms. The fraction of sp³-hybridized carbons (Fsp3) is 0.130. The lowest BCUT2D eigenvalue weighted by atomic mass is 9.74. The van der Waals surface area contributed by atoms with Gasteiger partial charge in [-0.3, -0.25) is 0 Å². The Kier molecular flexibility index (Phi) is 4.95. The number of hydrogen-bond acceptors (Lipinski definition) is 0. The Morgan fingerprint density at radius 1 is 0.370 bits per heavy atom. The topological polar surface area (TPSA) is 0 Å². The van der Waals surface area contributed by atoms with E-state index in [0.29, 0.717) is 0 Å². The van der Waals surface area contributed by atoms with Crippen molar-refractivity contribution in [3.05, 3.63) is 156 Å². The molecule has 0 unspecified atom stereocenters. The van der Waals surface area contributed by atoms with Crippen molar-refractivity contribution < 1.29 is 0 Å². The van der Waals surface area contributed by atoms with Crippen LogP contribution in [0.25, 0.3) is 76.8 Å². The van der Waals surface area contributed by atoms with Crippen LogP contribution >= 0.6 is 0 Å². The van der Waals surface area contributed by atoms with Crippen molar-refractivity contribution in [3.63, 3.8) is 0 Å². The first kappa shape index (κ1) is 26.1. The molecule has 0 aromatic heterocycles. The van der Waals surface area contributed by atoms with Crippen LogP contribution in [0.4, 0.5) is 0 Å². The van der Waals surface area contributed by atoms with Crippen molar-refractivity contribution in [1.82, 2.24) is 0 Å². The second-order valence-corrected chi connectivity index (χ2v) is 14.5. The van der Waals surface area contributed by atoms with Gasteiger partial charge in [0.2, 0.25) is 0 Å². The maximum Gasteiger partial charge on any atom is 0.0165 e. The van der Waals surface area contributed by atoms with Crippen molar-refractivity contribution in [2.45, 2.75) is 38.5 Å². The van der Waals surface area contributed by atoms with Gasteiger partial charge in [0, 0.05) is 10.8 Å². The Bertz CT molecular complexity index is 2560. The van der Waals surface area contributed by atoms with Crippen molar-refractivity contribution in [1.29, 1.82) is 0 Å². The first-order valence-electron chi connectivity index (χ1n) is 16.5. The van der Waals surface area contributed by atoms with E-state index in [1.807, 2.05) is 0 Å². The van der Waals surface area contributed by atoms with E-state index in [2.05, 4.69) is 161 Å². The number of hydrogen-bond donors (Lipinski definition) is 0. The van der Waals surface area contributed by atoms with Gasteiger partial charge in [-0.15, -0.1) is 0 Å². The zero-order valence-corrected chi connectivity index (χ0v) is 26.7. The second kappa shape index (κ2) is 8.74. The van der Waals surface area contributed by atoms with Gasteiger partial charge in [-0.1, -0.05) is 155 Å². The second-order valence-electron chi connectivity index (χ2n) is 14.5. The van der Waals surface area contributed by atoms with Crippen LogP contribution in [-0.2, 0) is 10.8 Å². The molecule has 0 amide bonds. The van der Waals surface area contributed by atoms with Gasteiger partial charge in [0.1, 0.15) is 0 Å². The van der Waals surface area contributed by atoms with E-state index in [1.54, 1.807) is 0 Å². The summed E-state index contributed by atoms with van der Waals surface area (Å²) in [5.74, 6) is 0. The molecule has 0 heterocycles. The largest absolute Gasteiger partial charge is 0.0622 e. The van der Waals surface area contributed by atoms with Crippen molar-refractivity contribution in [2.75, 3.05) is 0 Å². The standard InChI is InChI=1S/C46H34/c1-45(2)38-17-11-9-15-35(38)42-39(45)26-36-31-14-8-10-16-37(31)46(3,4)44(36)43(42)34-25-21-29-19-23-32-30(27-12-6-5-7-13-27)22-18-28-20-24-33(34)41(29)40(28)32/h5-26H,1-4H3. The smallest absolute Gasteiger partial charge is 0.0165 e. The summed E-state index contributed by atoms with van der Waals surface area (Å²) in [5.41, 5.74) is 16.4. The average Bonchev–Trinajstić information content (AvgIpc) is 3.46. The summed E-state index contributed by atoms with van der Waals surface area (Å²) in [7, 11) is 0. The molecule has 46 heavy (non-hydrogen) atoms. The number of fused-ring (bicyclic) bond motifs is 6. The lowest BCUT2D eigenvalue weighted by molar-refractivity contribution is 0.653. The van der Waals surface area contributed by atoms with Gasteiger partial charge in [0.15, 0.2) is 0 Å². The Morgan fingerprint density at radius 2 is 0.913 bits per heavy atom. The number of rotatable bonds is 2. The lowest BCUT2D eigenvalue weighted by Gasteiger charge is -2.29. The van der Waals surface area contributed by atoms with E-state index >= 15 is 0 Å². The summed E-state index contributed by atoms with van der Waals surface area (Å²) in [4.78, 5) is 0. The van der Waals surface area contributed by atoms with Crippen molar-refractivity contribution in [2.24, 2.45) is 0 Å². The Labute approximate surface area is 270 Å². The summed E-state index contributed by atoms with van der Waals surface area (Å²) in [6.07, 6.45) is 0. The molecule has 218 valence electrons. The van der Waals surface area contributed by atoms with Crippen LogP contribution < -0.4 is 0 Å². The van der Waals surface area contributed by atoms with Crippen LogP contribution in [-0.4, -0.2) is 0 Å². The molecule has 0 saturated carbocycles. The highest BCUT2D eigenvalue weighted by Crippen LogP contribution is 2.61. The lowest BCUT2D eigenvalue weighted by Crippen LogP contribution is -2.18. The molecule has 0 spiro atoms. The summed E-state index contributed by atoms with van der Waals surface area (Å²) in [6, 6.07) is 50.4. The maximum atomic E-state index is 2.55. The molecule has 2 aliphatic rings. The predicted octanol–water partition coefficient (Wildman–Crippen LogP) is 12.5. The van der Waals surface area contributed by atoms with Crippen LogP contribution in [0.15, 0.2) is 133 Å². The molecule has 0 nitrogen and oxygen atoms in total. The summed E-state index contributed by atoms with van der Waals surface area (Å²) >= 11 is 0. The highest BCUT2D eigenvalue weighted by atomic mass is 14.5. The van der Waals surface area contributed by atoms with E-state index in [9.17, 15) is 0 Å². The quantitative estimate of drug-likeness (QED) is 0.177. The molecule has 8 aromatic rings. The Hall–Kier alpha value is -5.20. The fourth-order valence-electron chi connectivity index (χ4n) is 9.26. The average molecular weight is 587 g/mol. The molecule has 0 bridgehead atoms. The van der Waals surface area contributed by atoms with Gasteiger partial charge in [-0.05, 0) is 105 Å². The van der Waals surface area contributed by atoms with E-state index in [0.717, 1.165) is 0 Å². The van der Waals surface area contributed by atoms with Crippen LogP contribution in [0.2, 0.25) is 0 Å². The minimum absolute atomic E-state index is 0.0915. The molecule has 0 atom stereocenters. The van der Waals surface area contributed by atoms with Gasteiger partial charge in [0.05, 0.1) is 0 Å². The maximum absolute atomic E-state index is 2.55. The molecule has 2 aliphatic carbocycles. The highest BCUT2D eigenvalue weighted by molar-refractivity contribution is 6.28. The van der Waals surface area contributed by atoms with Gasteiger partial charge in [-0.2, -0.15) is 0 Å². The summed E-state index contributed by atoms with van der Waals surface area (Å²) in [6.45, 7) is 9.69. The van der Waals surface area contributed by atoms with Gasteiger partial charge in [0.25, 0.3) is 0 Å².